The smallest absolute Gasteiger partial charge is 0.255 e. The molecule has 1 heterocycles. The van der Waals surface area contributed by atoms with Crippen LogP contribution in [-0.2, 0) is 14.6 Å². The Morgan fingerprint density at radius 1 is 1.12 bits per heavy atom. The van der Waals surface area contributed by atoms with Gasteiger partial charge in [-0.3, -0.25) is 9.59 Å². The maximum atomic E-state index is 12.5. The Hall–Kier alpha value is -2.67. The lowest BCUT2D eigenvalue weighted by atomic mass is 10.1. The minimum atomic E-state index is -3.39. The molecule has 1 fully saturated rings. The highest BCUT2D eigenvalue weighted by molar-refractivity contribution is 7.90. The highest BCUT2D eigenvalue weighted by atomic mass is 32.2. The van der Waals surface area contributed by atoms with Gasteiger partial charge in [-0.25, -0.2) is 8.42 Å². The van der Waals surface area contributed by atoms with E-state index in [1.165, 1.54) is 12.1 Å². The normalized spacial score (nSPS) is 14.5. The van der Waals surface area contributed by atoms with Crippen molar-refractivity contribution < 1.29 is 18.0 Å². The fourth-order valence-electron chi connectivity index (χ4n) is 2.92. The van der Waals surface area contributed by atoms with E-state index in [4.69, 9.17) is 0 Å². The molecule has 0 unspecified atom stereocenters. The highest BCUT2D eigenvalue weighted by Gasteiger charge is 2.21. The van der Waals surface area contributed by atoms with E-state index >= 15 is 0 Å². The fraction of sp³-hybridized carbons (Fsp3) is 0.263. The number of nitrogens with one attached hydrogen (secondary N) is 1. The highest BCUT2D eigenvalue weighted by Crippen LogP contribution is 2.24. The Balaban J connectivity index is 1.79. The van der Waals surface area contributed by atoms with Crippen molar-refractivity contribution in [3.8, 4) is 0 Å². The Kier molecular flexibility index (Phi) is 4.82. The molecule has 0 bridgehead atoms. The van der Waals surface area contributed by atoms with Crippen LogP contribution in [-0.4, -0.2) is 33.0 Å². The van der Waals surface area contributed by atoms with Gasteiger partial charge in [-0.15, -0.1) is 0 Å². The SMILES string of the molecule is Cc1ccc(S(C)(=O)=O)cc1C(=O)Nc1ccc(N2CCCC2=O)cc1. The minimum absolute atomic E-state index is 0.106. The van der Waals surface area contributed by atoms with Crippen molar-refractivity contribution in [2.24, 2.45) is 0 Å². The number of anilines is 2. The summed E-state index contributed by atoms with van der Waals surface area (Å²) in [5.74, 6) is -0.270. The van der Waals surface area contributed by atoms with Gasteiger partial charge in [0.05, 0.1) is 4.90 Å². The van der Waals surface area contributed by atoms with E-state index < -0.39 is 9.84 Å². The molecule has 1 N–H and O–H groups in total. The van der Waals surface area contributed by atoms with E-state index in [2.05, 4.69) is 5.32 Å². The summed E-state index contributed by atoms with van der Waals surface area (Å²) in [6, 6.07) is 11.5. The molecule has 0 radical (unpaired) electrons. The lowest BCUT2D eigenvalue weighted by molar-refractivity contribution is -0.117. The zero-order valence-electron chi connectivity index (χ0n) is 14.7. The van der Waals surface area contributed by atoms with Crippen LogP contribution in [0.2, 0.25) is 0 Å². The second kappa shape index (κ2) is 6.92. The quantitative estimate of drug-likeness (QED) is 0.894. The standard InChI is InChI=1S/C19H20N2O4S/c1-13-5-10-16(26(2,24)25)12-17(13)19(23)20-14-6-8-15(9-7-14)21-11-3-4-18(21)22/h5-10,12H,3-4,11H2,1-2H3,(H,20,23). The first-order valence-electron chi connectivity index (χ1n) is 8.28. The first kappa shape index (κ1) is 18.1. The number of carbonyl (C=O) groups excluding carboxylic acids is 2. The van der Waals surface area contributed by atoms with Crippen LogP contribution in [0.4, 0.5) is 11.4 Å². The number of nitrogens with zero attached hydrogens (tertiary/aromatic N) is 1. The van der Waals surface area contributed by atoms with Crippen molar-refractivity contribution in [1.29, 1.82) is 0 Å². The molecule has 0 aliphatic carbocycles. The van der Waals surface area contributed by atoms with Crippen molar-refractivity contribution in [3.05, 3.63) is 53.6 Å². The summed E-state index contributed by atoms with van der Waals surface area (Å²) < 4.78 is 23.4. The number of aryl methyl sites for hydroxylation is 1. The summed E-state index contributed by atoms with van der Waals surface area (Å²) in [6.07, 6.45) is 2.53. The van der Waals surface area contributed by atoms with Gasteiger partial charge in [-0.05, 0) is 55.3 Å². The van der Waals surface area contributed by atoms with Gasteiger partial charge >= 0.3 is 0 Å². The molecule has 1 saturated heterocycles. The number of rotatable bonds is 4. The van der Waals surface area contributed by atoms with E-state index in [0.717, 1.165) is 18.4 Å². The Morgan fingerprint density at radius 3 is 2.38 bits per heavy atom. The minimum Gasteiger partial charge on any atom is -0.322 e. The third kappa shape index (κ3) is 3.77. The first-order chi connectivity index (χ1) is 12.3. The lowest BCUT2D eigenvalue weighted by Crippen LogP contribution is -2.23. The molecule has 7 heteroatoms. The summed E-state index contributed by atoms with van der Waals surface area (Å²) in [6.45, 7) is 2.46. The maximum absolute atomic E-state index is 12.5. The summed E-state index contributed by atoms with van der Waals surface area (Å²) in [5, 5.41) is 2.77. The molecule has 2 amide bonds. The molecule has 2 aromatic carbocycles. The van der Waals surface area contributed by atoms with E-state index in [1.807, 2.05) is 0 Å². The topological polar surface area (TPSA) is 83.6 Å². The summed E-state index contributed by atoms with van der Waals surface area (Å²) in [5.41, 5.74) is 2.39. The molecule has 3 rings (SSSR count). The van der Waals surface area contributed by atoms with E-state index in [-0.39, 0.29) is 16.7 Å². The van der Waals surface area contributed by atoms with Crippen molar-refractivity contribution in [1.82, 2.24) is 0 Å². The lowest BCUT2D eigenvalue weighted by Gasteiger charge is -2.16. The molecule has 2 aromatic rings. The molecule has 26 heavy (non-hydrogen) atoms. The molecule has 6 nitrogen and oxygen atoms in total. The summed E-state index contributed by atoms with van der Waals surface area (Å²) in [4.78, 5) is 26.2. The molecule has 0 spiro atoms. The second-order valence-corrected chi connectivity index (χ2v) is 8.41. The van der Waals surface area contributed by atoms with Crippen LogP contribution in [0.5, 0.6) is 0 Å². The largest absolute Gasteiger partial charge is 0.322 e. The summed E-state index contributed by atoms with van der Waals surface area (Å²) in [7, 11) is -3.39. The van der Waals surface area contributed by atoms with E-state index in [9.17, 15) is 18.0 Å². The molecule has 0 atom stereocenters. The van der Waals surface area contributed by atoms with Gasteiger partial charge in [-0.1, -0.05) is 6.07 Å². The van der Waals surface area contributed by atoms with Gasteiger partial charge in [0.2, 0.25) is 5.91 Å². The van der Waals surface area contributed by atoms with Gasteiger partial charge in [-0.2, -0.15) is 0 Å². The average Bonchev–Trinajstić information content (AvgIpc) is 3.01. The number of benzene rings is 2. The third-order valence-electron chi connectivity index (χ3n) is 4.39. The predicted octanol–water partition coefficient (Wildman–Crippen LogP) is 2.78. The van der Waals surface area contributed by atoms with Crippen LogP contribution in [0.1, 0.15) is 28.8 Å². The van der Waals surface area contributed by atoms with Crippen LogP contribution in [0, 0.1) is 6.92 Å². The molecule has 136 valence electrons. The van der Waals surface area contributed by atoms with Gasteiger partial charge in [0, 0.05) is 36.2 Å². The monoisotopic (exact) mass is 372 g/mol. The zero-order valence-corrected chi connectivity index (χ0v) is 15.5. The van der Waals surface area contributed by atoms with Crippen LogP contribution >= 0.6 is 0 Å². The number of sulfone groups is 1. The Bertz CT molecular complexity index is 966. The number of hydrogen-bond donors (Lipinski definition) is 1. The Morgan fingerprint density at radius 2 is 1.81 bits per heavy atom. The predicted molar refractivity (Wildman–Crippen MR) is 100 cm³/mol. The van der Waals surface area contributed by atoms with Crippen molar-refractivity contribution in [2.45, 2.75) is 24.7 Å². The van der Waals surface area contributed by atoms with Crippen LogP contribution in [0.15, 0.2) is 47.4 Å². The first-order valence-corrected chi connectivity index (χ1v) is 10.2. The van der Waals surface area contributed by atoms with E-state index in [1.54, 1.807) is 42.2 Å². The van der Waals surface area contributed by atoms with Gasteiger partial charge < -0.3 is 10.2 Å². The van der Waals surface area contributed by atoms with Crippen molar-refractivity contribution in [3.63, 3.8) is 0 Å². The summed E-state index contributed by atoms with van der Waals surface area (Å²) >= 11 is 0. The van der Waals surface area contributed by atoms with Gasteiger partial charge in [0.1, 0.15) is 0 Å². The van der Waals surface area contributed by atoms with Crippen LogP contribution in [0.3, 0.4) is 0 Å². The molecular formula is C19H20N2O4S. The molecular weight excluding hydrogens is 352 g/mol. The van der Waals surface area contributed by atoms with Crippen LogP contribution < -0.4 is 10.2 Å². The maximum Gasteiger partial charge on any atom is 0.255 e. The average molecular weight is 372 g/mol. The van der Waals surface area contributed by atoms with Crippen molar-refractivity contribution in [2.75, 3.05) is 23.0 Å². The number of amides is 2. The molecule has 1 aliphatic rings. The van der Waals surface area contributed by atoms with Gasteiger partial charge in [0.15, 0.2) is 9.84 Å². The number of carbonyl (C=O) groups is 2. The molecule has 0 aromatic heterocycles. The third-order valence-corrected chi connectivity index (χ3v) is 5.50. The molecule has 1 aliphatic heterocycles. The van der Waals surface area contributed by atoms with Gasteiger partial charge in [0.25, 0.3) is 5.91 Å². The number of hydrogen-bond acceptors (Lipinski definition) is 4. The fourth-order valence-corrected chi connectivity index (χ4v) is 3.57. The zero-order chi connectivity index (χ0) is 18.9. The van der Waals surface area contributed by atoms with Crippen LogP contribution in [0.25, 0.3) is 0 Å². The second-order valence-electron chi connectivity index (χ2n) is 6.40. The Labute approximate surface area is 152 Å². The van der Waals surface area contributed by atoms with Crippen molar-refractivity contribution >= 4 is 33.0 Å². The molecule has 0 saturated carbocycles. The van der Waals surface area contributed by atoms with E-state index in [0.29, 0.717) is 29.8 Å².